The van der Waals surface area contributed by atoms with Crippen LogP contribution < -0.4 is 5.32 Å². The summed E-state index contributed by atoms with van der Waals surface area (Å²) in [6, 6.07) is 8.44. The zero-order valence-corrected chi connectivity index (χ0v) is 12.0. The van der Waals surface area contributed by atoms with Gasteiger partial charge in [0.1, 0.15) is 0 Å². The largest absolute Gasteiger partial charge is 0.382 e. The molecule has 18 heavy (non-hydrogen) atoms. The molecule has 0 radical (unpaired) electrons. The first-order chi connectivity index (χ1) is 8.55. The average molecular weight is 251 g/mol. The van der Waals surface area contributed by atoms with Crippen molar-refractivity contribution >= 4 is 5.69 Å². The highest BCUT2D eigenvalue weighted by Crippen LogP contribution is 2.28. The molecule has 0 saturated carbocycles. The Labute approximate surface area is 110 Å². The van der Waals surface area contributed by atoms with Crippen LogP contribution in [0.25, 0.3) is 0 Å². The first-order valence-electron chi connectivity index (χ1n) is 6.46. The summed E-state index contributed by atoms with van der Waals surface area (Å²) >= 11 is 0. The van der Waals surface area contributed by atoms with Crippen molar-refractivity contribution in [2.75, 3.05) is 38.8 Å². The molecule has 1 aromatic rings. The molecule has 0 aliphatic rings. The summed E-state index contributed by atoms with van der Waals surface area (Å²) < 4.78 is 10.4. The molecular formula is C15H25NO2. The third-order valence-corrected chi connectivity index (χ3v) is 2.73. The summed E-state index contributed by atoms with van der Waals surface area (Å²) in [6.45, 7) is 9.49. The molecule has 0 atom stereocenters. The van der Waals surface area contributed by atoms with E-state index in [9.17, 15) is 0 Å². The fourth-order valence-electron chi connectivity index (χ4n) is 1.79. The van der Waals surface area contributed by atoms with E-state index in [1.54, 1.807) is 7.11 Å². The number of methoxy groups -OCH3 is 1. The normalized spacial score (nSPS) is 11.6. The maximum atomic E-state index is 5.43. The topological polar surface area (TPSA) is 30.5 Å². The van der Waals surface area contributed by atoms with E-state index < -0.39 is 0 Å². The fourth-order valence-corrected chi connectivity index (χ4v) is 1.79. The maximum absolute atomic E-state index is 5.43. The van der Waals surface area contributed by atoms with E-state index >= 15 is 0 Å². The van der Waals surface area contributed by atoms with Crippen LogP contribution in [0.15, 0.2) is 24.3 Å². The molecule has 0 aliphatic heterocycles. The van der Waals surface area contributed by atoms with Crippen molar-refractivity contribution in [3.63, 3.8) is 0 Å². The zero-order chi connectivity index (χ0) is 13.4. The third-order valence-electron chi connectivity index (χ3n) is 2.73. The second kappa shape index (κ2) is 7.39. The van der Waals surface area contributed by atoms with Gasteiger partial charge in [-0.05, 0) is 17.0 Å². The van der Waals surface area contributed by atoms with Gasteiger partial charge < -0.3 is 14.8 Å². The van der Waals surface area contributed by atoms with E-state index in [0.29, 0.717) is 19.8 Å². The van der Waals surface area contributed by atoms with Gasteiger partial charge in [-0.15, -0.1) is 0 Å². The second-order valence-corrected chi connectivity index (χ2v) is 5.33. The molecule has 1 aromatic carbocycles. The van der Waals surface area contributed by atoms with Crippen LogP contribution in [0.2, 0.25) is 0 Å². The number of rotatable bonds is 7. The van der Waals surface area contributed by atoms with E-state index in [1.165, 1.54) is 11.3 Å². The maximum Gasteiger partial charge on any atom is 0.0701 e. The average Bonchev–Trinajstić information content (AvgIpc) is 2.33. The lowest BCUT2D eigenvalue weighted by atomic mass is 9.86. The summed E-state index contributed by atoms with van der Waals surface area (Å²) in [5.74, 6) is 0. The molecule has 0 saturated heterocycles. The van der Waals surface area contributed by atoms with E-state index in [1.807, 2.05) is 0 Å². The van der Waals surface area contributed by atoms with Gasteiger partial charge in [0, 0.05) is 19.3 Å². The van der Waals surface area contributed by atoms with Gasteiger partial charge in [-0.3, -0.25) is 0 Å². The molecule has 3 heteroatoms. The van der Waals surface area contributed by atoms with Crippen LogP contribution in [0.4, 0.5) is 5.69 Å². The van der Waals surface area contributed by atoms with Crippen molar-refractivity contribution in [3.8, 4) is 0 Å². The molecule has 0 bridgehead atoms. The van der Waals surface area contributed by atoms with E-state index in [4.69, 9.17) is 9.47 Å². The van der Waals surface area contributed by atoms with Crippen LogP contribution in [0.5, 0.6) is 0 Å². The van der Waals surface area contributed by atoms with Crippen LogP contribution in [-0.2, 0) is 14.9 Å². The Morgan fingerprint density at radius 3 is 2.44 bits per heavy atom. The van der Waals surface area contributed by atoms with E-state index in [0.717, 1.165) is 6.54 Å². The molecule has 3 nitrogen and oxygen atoms in total. The Kier molecular flexibility index (Phi) is 6.16. The van der Waals surface area contributed by atoms with Crippen LogP contribution in [-0.4, -0.2) is 33.5 Å². The molecule has 0 fully saturated rings. The number of hydrogen-bond donors (Lipinski definition) is 1. The van der Waals surface area contributed by atoms with Gasteiger partial charge in [0.05, 0.1) is 19.8 Å². The minimum absolute atomic E-state index is 0.153. The van der Waals surface area contributed by atoms with Crippen molar-refractivity contribution in [3.05, 3.63) is 29.8 Å². The number of benzene rings is 1. The molecule has 0 aromatic heterocycles. The second-order valence-electron chi connectivity index (χ2n) is 5.33. The van der Waals surface area contributed by atoms with Crippen LogP contribution in [0.1, 0.15) is 26.3 Å². The van der Waals surface area contributed by atoms with Gasteiger partial charge in [-0.1, -0.05) is 39.0 Å². The van der Waals surface area contributed by atoms with Crippen molar-refractivity contribution in [1.82, 2.24) is 0 Å². The summed E-state index contributed by atoms with van der Waals surface area (Å²) in [6.07, 6.45) is 0. The predicted molar refractivity (Wildman–Crippen MR) is 76.3 cm³/mol. The van der Waals surface area contributed by atoms with Gasteiger partial charge in [-0.25, -0.2) is 0 Å². The highest BCUT2D eigenvalue weighted by Gasteiger charge is 2.16. The molecule has 1 N–H and O–H groups in total. The summed E-state index contributed by atoms with van der Waals surface area (Å²) in [5, 5.41) is 3.43. The Morgan fingerprint density at radius 2 is 1.78 bits per heavy atom. The van der Waals surface area contributed by atoms with Gasteiger partial charge in [0.25, 0.3) is 0 Å². The smallest absolute Gasteiger partial charge is 0.0701 e. The van der Waals surface area contributed by atoms with Gasteiger partial charge in [-0.2, -0.15) is 0 Å². The molecule has 0 heterocycles. The Hall–Kier alpha value is -1.06. The number of hydrogen-bond acceptors (Lipinski definition) is 3. The minimum atomic E-state index is 0.153. The number of ether oxygens (including phenoxy) is 2. The lowest BCUT2D eigenvalue weighted by molar-refractivity contribution is 0.0759. The Bertz CT molecular complexity index is 345. The molecule has 0 spiro atoms. The van der Waals surface area contributed by atoms with Gasteiger partial charge in [0.15, 0.2) is 0 Å². The number of anilines is 1. The Morgan fingerprint density at radius 1 is 1.06 bits per heavy atom. The highest BCUT2D eigenvalue weighted by molar-refractivity contribution is 5.54. The molecule has 0 aliphatic carbocycles. The van der Waals surface area contributed by atoms with E-state index in [-0.39, 0.29) is 5.41 Å². The SMILES string of the molecule is COCCOCCNc1ccccc1C(C)(C)C. The van der Waals surface area contributed by atoms with Crippen molar-refractivity contribution < 1.29 is 9.47 Å². The first-order valence-corrected chi connectivity index (χ1v) is 6.46. The monoisotopic (exact) mass is 251 g/mol. The highest BCUT2D eigenvalue weighted by atomic mass is 16.5. The lowest BCUT2D eigenvalue weighted by Gasteiger charge is -2.23. The summed E-state index contributed by atoms with van der Waals surface area (Å²) in [4.78, 5) is 0. The molecule has 102 valence electrons. The van der Waals surface area contributed by atoms with Crippen molar-refractivity contribution in [1.29, 1.82) is 0 Å². The summed E-state index contributed by atoms with van der Waals surface area (Å²) in [7, 11) is 1.68. The van der Waals surface area contributed by atoms with Gasteiger partial charge in [0.2, 0.25) is 0 Å². The lowest BCUT2D eigenvalue weighted by Crippen LogP contribution is -2.17. The molecule has 1 rings (SSSR count). The molecule has 0 unspecified atom stereocenters. The van der Waals surface area contributed by atoms with Crippen LogP contribution in [0, 0.1) is 0 Å². The molecular weight excluding hydrogens is 226 g/mol. The number of para-hydroxylation sites is 1. The third kappa shape index (κ3) is 5.07. The zero-order valence-electron chi connectivity index (χ0n) is 12.0. The van der Waals surface area contributed by atoms with Crippen LogP contribution >= 0.6 is 0 Å². The molecule has 0 amide bonds. The Balaban J connectivity index is 2.43. The van der Waals surface area contributed by atoms with Crippen LogP contribution in [0.3, 0.4) is 0 Å². The van der Waals surface area contributed by atoms with E-state index in [2.05, 4.69) is 50.4 Å². The quantitative estimate of drug-likeness (QED) is 0.756. The predicted octanol–water partition coefficient (Wildman–Crippen LogP) is 3.06. The van der Waals surface area contributed by atoms with Gasteiger partial charge >= 0.3 is 0 Å². The van der Waals surface area contributed by atoms with Crippen molar-refractivity contribution in [2.45, 2.75) is 26.2 Å². The summed E-state index contributed by atoms with van der Waals surface area (Å²) in [5.41, 5.74) is 2.68. The standard InChI is InChI=1S/C15H25NO2/c1-15(2,3)13-7-5-6-8-14(13)16-9-10-18-12-11-17-4/h5-8,16H,9-12H2,1-4H3. The minimum Gasteiger partial charge on any atom is -0.382 e. The van der Waals surface area contributed by atoms with Crippen molar-refractivity contribution in [2.24, 2.45) is 0 Å². The number of nitrogens with one attached hydrogen (secondary N) is 1. The first kappa shape index (κ1) is 15.0. The fraction of sp³-hybridized carbons (Fsp3) is 0.600.